The Morgan fingerprint density at radius 3 is 2.85 bits per heavy atom. The van der Waals surface area contributed by atoms with Crippen LogP contribution in [-0.4, -0.2) is 32.2 Å². The Bertz CT molecular complexity index is 1050. The van der Waals surface area contributed by atoms with Crippen molar-refractivity contribution in [3.8, 4) is 11.3 Å². The predicted molar refractivity (Wildman–Crippen MR) is 96.6 cm³/mol. The van der Waals surface area contributed by atoms with Crippen LogP contribution in [0.3, 0.4) is 0 Å². The summed E-state index contributed by atoms with van der Waals surface area (Å²) in [6.45, 7) is 3.66. The molecule has 0 unspecified atom stereocenters. The first-order chi connectivity index (χ1) is 12.5. The molecule has 0 fully saturated rings. The van der Waals surface area contributed by atoms with Crippen LogP contribution in [0.1, 0.15) is 18.2 Å². The van der Waals surface area contributed by atoms with Crippen molar-refractivity contribution < 1.29 is 9.21 Å². The first kappa shape index (κ1) is 16.2. The largest absolute Gasteiger partial charge is 0.457 e. The zero-order valence-electron chi connectivity index (χ0n) is 13.9. The number of carbonyl (C=O) groups excluding carboxylic acids is 1. The van der Waals surface area contributed by atoms with Gasteiger partial charge in [-0.2, -0.15) is 15.3 Å². The van der Waals surface area contributed by atoms with Gasteiger partial charge in [0, 0.05) is 10.6 Å². The molecule has 0 spiro atoms. The van der Waals surface area contributed by atoms with Crippen molar-refractivity contribution in [2.45, 2.75) is 13.8 Å². The molecule has 1 aliphatic heterocycles. The smallest absolute Gasteiger partial charge is 0.293 e. The number of aromatic amines is 1. The van der Waals surface area contributed by atoms with E-state index >= 15 is 0 Å². The molecular weight excluding hydrogens is 356 g/mol. The molecule has 26 heavy (non-hydrogen) atoms. The van der Waals surface area contributed by atoms with Crippen LogP contribution in [0, 0.1) is 6.92 Å². The lowest BCUT2D eigenvalue weighted by Crippen LogP contribution is -2.22. The highest BCUT2D eigenvalue weighted by Crippen LogP contribution is 2.31. The number of carbonyl (C=O) groups is 1. The van der Waals surface area contributed by atoms with Crippen LogP contribution >= 0.6 is 11.6 Å². The van der Waals surface area contributed by atoms with Crippen molar-refractivity contribution in [1.29, 1.82) is 0 Å². The summed E-state index contributed by atoms with van der Waals surface area (Å²) in [5, 5.41) is 19.2. The average Bonchev–Trinajstić information content (AvgIpc) is 3.35. The van der Waals surface area contributed by atoms with E-state index in [1.165, 1.54) is 0 Å². The Balaban J connectivity index is 1.66. The molecule has 0 atom stereocenters. The normalized spacial score (nSPS) is 15.8. The highest BCUT2D eigenvalue weighted by Gasteiger charge is 2.31. The fourth-order valence-electron chi connectivity index (χ4n) is 2.66. The number of aromatic nitrogens is 4. The molecule has 8 nitrogen and oxygen atoms in total. The lowest BCUT2D eigenvalue weighted by molar-refractivity contribution is -0.114. The van der Waals surface area contributed by atoms with Crippen molar-refractivity contribution in [2.75, 3.05) is 5.01 Å². The van der Waals surface area contributed by atoms with Crippen molar-refractivity contribution >= 4 is 35.2 Å². The summed E-state index contributed by atoms with van der Waals surface area (Å²) in [6.07, 6.45) is 1.64. The van der Waals surface area contributed by atoms with Gasteiger partial charge in [-0.3, -0.25) is 4.79 Å². The summed E-state index contributed by atoms with van der Waals surface area (Å²) < 4.78 is 5.88. The van der Waals surface area contributed by atoms with E-state index in [9.17, 15) is 4.79 Å². The number of rotatable bonds is 3. The molecule has 0 saturated heterocycles. The SMILES string of the molecule is CC1=NN(c2nn[nH]n2)C(=O)/C1=C/c1ccc(-c2cccc(Cl)c2C)o1. The maximum absolute atomic E-state index is 12.6. The van der Waals surface area contributed by atoms with Crippen LogP contribution in [0.5, 0.6) is 0 Å². The van der Waals surface area contributed by atoms with Gasteiger partial charge >= 0.3 is 0 Å². The molecule has 1 N–H and O–H groups in total. The number of tetrazole rings is 1. The summed E-state index contributed by atoms with van der Waals surface area (Å²) in [7, 11) is 0. The van der Waals surface area contributed by atoms with Crippen LogP contribution in [0.4, 0.5) is 5.95 Å². The molecule has 0 saturated carbocycles. The van der Waals surface area contributed by atoms with Crippen LogP contribution in [0.25, 0.3) is 17.4 Å². The third-order valence-electron chi connectivity index (χ3n) is 4.03. The van der Waals surface area contributed by atoms with Gasteiger partial charge < -0.3 is 4.42 Å². The summed E-state index contributed by atoms with van der Waals surface area (Å²) in [5.74, 6) is 0.951. The number of hydrazone groups is 1. The Hall–Kier alpha value is -3.26. The minimum atomic E-state index is -0.346. The summed E-state index contributed by atoms with van der Waals surface area (Å²) in [6, 6.07) is 9.26. The van der Waals surface area contributed by atoms with E-state index in [-0.39, 0.29) is 11.9 Å². The second-order valence-corrected chi connectivity index (χ2v) is 6.09. The molecule has 1 aliphatic rings. The maximum atomic E-state index is 12.6. The van der Waals surface area contributed by atoms with Gasteiger partial charge in [-0.15, -0.1) is 5.10 Å². The molecule has 0 radical (unpaired) electrons. The minimum absolute atomic E-state index is 0.0902. The van der Waals surface area contributed by atoms with Gasteiger partial charge in [0.2, 0.25) is 0 Å². The zero-order chi connectivity index (χ0) is 18.3. The molecular formula is C17H13ClN6O2. The fraction of sp³-hybridized carbons (Fsp3) is 0.118. The summed E-state index contributed by atoms with van der Waals surface area (Å²) in [5.41, 5.74) is 2.77. The molecule has 9 heteroatoms. The summed E-state index contributed by atoms with van der Waals surface area (Å²) in [4.78, 5) is 12.6. The Labute approximate surface area is 153 Å². The van der Waals surface area contributed by atoms with Gasteiger partial charge in [0.05, 0.1) is 11.3 Å². The second-order valence-electron chi connectivity index (χ2n) is 5.69. The van der Waals surface area contributed by atoms with E-state index in [1.807, 2.05) is 31.2 Å². The first-order valence-corrected chi connectivity index (χ1v) is 8.13. The van der Waals surface area contributed by atoms with Crippen LogP contribution in [0.2, 0.25) is 5.02 Å². The lowest BCUT2D eigenvalue weighted by atomic mass is 10.1. The number of nitrogens with zero attached hydrogens (tertiary/aromatic N) is 5. The Morgan fingerprint density at radius 1 is 1.23 bits per heavy atom. The molecule has 3 aromatic rings. The van der Waals surface area contributed by atoms with Crippen LogP contribution in [0.15, 0.2) is 45.4 Å². The second kappa shape index (κ2) is 6.23. The van der Waals surface area contributed by atoms with Gasteiger partial charge in [-0.1, -0.05) is 28.8 Å². The van der Waals surface area contributed by atoms with Gasteiger partial charge in [0.15, 0.2) is 0 Å². The third kappa shape index (κ3) is 2.70. The number of furan rings is 1. The average molecular weight is 369 g/mol. The van der Waals surface area contributed by atoms with Crippen molar-refractivity contribution in [3.63, 3.8) is 0 Å². The van der Waals surface area contributed by atoms with Crippen molar-refractivity contribution in [3.05, 3.63) is 52.3 Å². The number of hydrogen-bond acceptors (Lipinski definition) is 6. The number of amides is 1. The van der Waals surface area contributed by atoms with E-state index in [1.54, 1.807) is 19.1 Å². The van der Waals surface area contributed by atoms with E-state index < -0.39 is 0 Å². The number of anilines is 1. The Morgan fingerprint density at radius 2 is 2.08 bits per heavy atom. The molecule has 130 valence electrons. The van der Waals surface area contributed by atoms with E-state index in [4.69, 9.17) is 16.0 Å². The number of H-pyrrole nitrogens is 1. The number of benzene rings is 1. The predicted octanol–water partition coefficient (Wildman–Crippen LogP) is 3.23. The monoisotopic (exact) mass is 368 g/mol. The van der Waals surface area contributed by atoms with E-state index in [0.717, 1.165) is 16.1 Å². The topological polar surface area (TPSA) is 100 Å². The van der Waals surface area contributed by atoms with Crippen molar-refractivity contribution in [1.82, 2.24) is 20.6 Å². The third-order valence-corrected chi connectivity index (χ3v) is 4.44. The first-order valence-electron chi connectivity index (χ1n) is 7.75. The van der Waals surface area contributed by atoms with Crippen LogP contribution in [-0.2, 0) is 4.79 Å². The number of halogens is 1. The molecule has 2 aromatic heterocycles. The highest BCUT2D eigenvalue weighted by atomic mass is 35.5. The number of nitrogens with one attached hydrogen (secondary N) is 1. The van der Waals surface area contributed by atoms with Gasteiger partial charge in [0.1, 0.15) is 11.5 Å². The molecule has 4 rings (SSSR count). The zero-order valence-corrected chi connectivity index (χ0v) is 14.7. The van der Waals surface area contributed by atoms with Gasteiger partial charge in [-0.25, -0.2) is 0 Å². The van der Waals surface area contributed by atoms with Gasteiger partial charge in [-0.05, 0) is 48.9 Å². The maximum Gasteiger partial charge on any atom is 0.293 e. The molecule has 1 aromatic carbocycles. The lowest BCUT2D eigenvalue weighted by Gasteiger charge is -2.04. The highest BCUT2D eigenvalue weighted by molar-refractivity contribution is 6.32. The summed E-state index contributed by atoms with van der Waals surface area (Å²) >= 11 is 6.17. The molecule has 3 heterocycles. The standard InChI is InChI=1S/C17H13ClN6O2/c1-9-12(4-3-5-14(9)18)15-7-6-11(26-15)8-13-10(2)21-24(16(13)25)17-19-22-23-20-17/h3-8H,1-2H3,(H,19,20,22,23)/b13-8+. The van der Waals surface area contributed by atoms with Gasteiger partial charge in [0.25, 0.3) is 11.9 Å². The number of hydrogen-bond donors (Lipinski definition) is 1. The van der Waals surface area contributed by atoms with E-state index in [2.05, 4.69) is 25.7 Å². The minimum Gasteiger partial charge on any atom is -0.457 e. The fourth-order valence-corrected chi connectivity index (χ4v) is 2.83. The molecule has 0 aliphatic carbocycles. The van der Waals surface area contributed by atoms with Crippen molar-refractivity contribution in [2.24, 2.45) is 5.10 Å². The molecule has 0 bridgehead atoms. The molecule has 1 amide bonds. The Kier molecular flexibility index (Phi) is 3.89. The van der Waals surface area contributed by atoms with E-state index in [0.29, 0.717) is 27.8 Å². The quantitative estimate of drug-likeness (QED) is 0.715. The van der Waals surface area contributed by atoms with Crippen LogP contribution < -0.4 is 5.01 Å².